The van der Waals surface area contributed by atoms with Gasteiger partial charge in [-0.2, -0.15) is 0 Å². The van der Waals surface area contributed by atoms with Crippen molar-refractivity contribution in [3.8, 4) is 5.75 Å². The van der Waals surface area contributed by atoms with Crippen molar-refractivity contribution in [2.75, 3.05) is 11.9 Å². The van der Waals surface area contributed by atoms with Crippen LogP contribution in [-0.2, 0) is 14.3 Å². The lowest BCUT2D eigenvalue weighted by Crippen LogP contribution is -2.35. The maximum Gasteiger partial charge on any atom is 0.221 e. The van der Waals surface area contributed by atoms with E-state index in [0.29, 0.717) is 32.9 Å². The van der Waals surface area contributed by atoms with Crippen LogP contribution in [0.5, 0.6) is 5.75 Å². The fraction of sp³-hybridized carbons (Fsp3) is 0.360. The molecule has 11 heteroatoms. The van der Waals surface area contributed by atoms with Gasteiger partial charge in [-0.3, -0.25) is 4.79 Å². The zero-order chi connectivity index (χ0) is 25.7. The number of benzene rings is 2. The molecule has 0 saturated carbocycles. The summed E-state index contributed by atoms with van der Waals surface area (Å²) in [6, 6.07) is 10.5. The Morgan fingerprint density at radius 3 is 2.56 bits per heavy atom. The number of nitrogens with zero attached hydrogens (tertiary/aromatic N) is 2. The second-order valence-corrected chi connectivity index (χ2v) is 10.1. The van der Waals surface area contributed by atoms with Gasteiger partial charge >= 0.3 is 0 Å². The third kappa shape index (κ3) is 7.06. The maximum atomic E-state index is 11.3. The van der Waals surface area contributed by atoms with E-state index in [-0.39, 0.29) is 18.6 Å². The van der Waals surface area contributed by atoms with Crippen LogP contribution in [0.2, 0.25) is 15.1 Å². The lowest BCUT2D eigenvalue weighted by molar-refractivity contribution is -0.224. The smallest absolute Gasteiger partial charge is 0.221 e. The number of hydrogen-bond acceptors (Lipinski definition) is 5. The number of carbonyl (C=O) groups excluding carboxylic acids is 1. The molecule has 2 heterocycles. The summed E-state index contributed by atoms with van der Waals surface area (Å²) in [5.41, 5.74) is 0.815. The van der Waals surface area contributed by atoms with Crippen LogP contribution in [0.1, 0.15) is 43.4 Å². The van der Waals surface area contributed by atoms with Crippen LogP contribution in [0, 0.1) is 0 Å². The van der Waals surface area contributed by atoms with Gasteiger partial charge in [0.1, 0.15) is 18.2 Å². The van der Waals surface area contributed by atoms with Crippen molar-refractivity contribution in [1.29, 1.82) is 0 Å². The second-order valence-electron chi connectivity index (χ2n) is 8.37. The topological polar surface area (TPSA) is 74.6 Å². The zero-order valence-electron chi connectivity index (χ0n) is 19.4. The number of imidazole rings is 1. The average molecular weight is 573 g/mol. The quantitative estimate of drug-likeness (QED) is 0.273. The Bertz CT molecular complexity index is 1140. The molecule has 4 unspecified atom stereocenters. The average Bonchev–Trinajstić information content (AvgIpc) is 3.37. The minimum Gasteiger partial charge on any atom is -0.488 e. The molecular weight excluding hydrogens is 548 g/mol. The first-order valence-electron chi connectivity index (χ1n) is 11.4. The van der Waals surface area contributed by atoms with Crippen LogP contribution in [0.15, 0.2) is 55.1 Å². The van der Waals surface area contributed by atoms with E-state index in [1.165, 1.54) is 6.92 Å². The molecule has 0 aliphatic carbocycles. The van der Waals surface area contributed by atoms with Crippen LogP contribution in [0.3, 0.4) is 0 Å². The summed E-state index contributed by atoms with van der Waals surface area (Å²) in [5, 5.41) is 3.86. The van der Waals surface area contributed by atoms with Crippen LogP contribution in [0.25, 0.3) is 0 Å². The molecule has 192 valence electrons. The Morgan fingerprint density at radius 2 is 1.92 bits per heavy atom. The van der Waals surface area contributed by atoms with Gasteiger partial charge in [-0.25, -0.2) is 4.98 Å². The first-order valence-corrected chi connectivity index (χ1v) is 12.9. The Balaban J connectivity index is 1.42. The summed E-state index contributed by atoms with van der Waals surface area (Å²) in [6.45, 7) is 1.64. The molecule has 7 nitrogen and oxygen atoms in total. The summed E-state index contributed by atoms with van der Waals surface area (Å²) >= 11 is 25.5. The van der Waals surface area contributed by atoms with E-state index in [9.17, 15) is 4.79 Å². The molecular formula is C25H25Cl4N3O4. The van der Waals surface area contributed by atoms with Gasteiger partial charge in [-0.1, -0.05) is 58.5 Å². The highest BCUT2D eigenvalue weighted by atomic mass is 35.5. The molecule has 2 aromatic carbocycles. The van der Waals surface area contributed by atoms with Gasteiger partial charge in [0.2, 0.25) is 5.91 Å². The third-order valence-electron chi connectivity index (χ3n) is 5.60. The number of carbonyl (C=O) groups is 1. The largest absolute Gasteiger partial charge is 0.488 e. The minimum atomic E-state index is -0.548. The summed E-state index contributed by atoms with van der Waals surface area (Å²) in [4.78, 5) is 15.4. The number of alkyl halides is 1. The van der Waals surface area contributed by atoms with Crippen molar-refractivity contribution >= 4 is 58.0 Å². The van der Waals surface area contributed by atoms with Crippen molar-refractivity contribution in [3.05, 3.63) is 75.8 Å². The van der Waals surface area contributed by atoms with E-state index in [1.54, 1.807) is 47.6 Å². The Hall–Kier alpha value is -2.00. The summed E-state index contributed by atoms with van der Waals surface area (Å²) in [6.07, 6.45) is 6.24. The molecule has 1 N–H and O–H groups in total. The van der Waals surface area contributed by atoms with Gasteiger partial charge in [0, 0.05) is 30.0 Å². The van der Waals surface area contributed by atoms with E-state index < -0.39 is 17.9 Å². The lowest BCUT2D eigenvalue weighted by atomic mass is 10.1. The Labute approximate surface area is 229 Å². The van der Waals surface area contributed by atoms with Crippen molar-refractivity contribution in [3.63, 3.8) is 0 Å². The highest BCUT2D eigenvalue weighted by molar-refractivity contribution is 6.37. The van der Waals surface area contributed by atoms with E-state index in [2.05, 4.69) is 10.3 Å². The van der Waals surface area contributed by atoms with Crippen LogP contribution in [-0.4, -0.2) is 34.5 Å². The Morgan fingerprint density at radius 1 is 1.19 bits per heavy atom. The van der Waals surface area contributed by atoms with Gasteiger partial charge in [0.15, 0.2) is 12.0 Å². The van der Waals surface area contributed by atoms with Crippen molar-refractivity contribution in [2.45, 2.75) is 50.2 Å². The molecule has 4 atom stereocenters. The molecule has 3 aromatic rings. The number of aromatic nitrogens is 2. The van der Waals surface area contributed by atoms with Crippen LogP contribution >= 0.6 is 46.4 Å². The van der Waals surface area contributed by atoms with Gasteiger partial charge in [-0.15, -0.1) is 0 Å². The number of nitrogens with one attached hydrogen (secondary N) is 1. The van der Waals surface area contributed by atoms with E-state index >= 15 is 0 Å². The number of anilines is 1. The normalized spacial score (nSPS) is 19.5. The second kappa shape index (κ2) is 12.5. The Kier molecular flexibility index (Phi) is 9.39. The predicted molar refractivity (Wildman–Crippen MR) is 141 cm³/mol. The molecule has 0 spiro atoms. The first kappa shape index (κ1) is 27.0. The number of ether oxygens (including phenoxy) is 3. The molecule has 1 fully saturated rings. The van der Waals surface area contributed by atoms with E-state index in [1.807, 2.05) is 12.1 Å². The molecule has 36 heavy (non-hydrogen) atoms. The highest BCUT2D eigenvalue weighted by Gasteiger charge is 2.31. The SMILES string of the molecule is CC(=O)Nc1cc(Cl)c(OCC2CCCC(OC(c3ccc(Cl)cc3)C(Cl)n3ccnc3)O2)c(Cl)c1. The number of rotatable bonds is 9. The number of amides is 1. The maximum absolute atomic E-state index is 11.3. The molecule has 1 aliphatic heterocycles. The van der Waals surface area contributed by atoms with Gasteiger partial charge in [0.05, 0.1) is 22.5 Å². The molecule has 1 aromatic heterocycles. The third-order valence-corrected chi connectivity index (χ3v) is 6.87. The molecule has 1 saturated heterocycles. The van der Waals surface area contributed by atoms with Gasteiger partial charge in [0.25, 0.3) is 0 Å². The number of hydrogen-bond donors (Lipinski definition) is 1. The standard InChI is InChI=1S/C25H25Cl4N3O4/c1-15(33)31-18-11-20(27)24(21(28)12-18)34-13-19-3-2-4-22(35-19)36-23(16-5-7-17(26)8-6-16)25(29)32-10-9-30-14-32/h5-12,14,19,22-23,25H,2-4,13H2,1H3,(H,31,33). The molecule has 4 rings (SSSR count). The number of halogens is 4. The van der Waals surface area contributed by atoms with Gasteiger partial charge < -0.3 is 24.1 Å². The lowest BCUT2D eigenvalue weighted by Gasteiger charge is -2.34. The van der Waals surface area contributed by atoms with E-state index in [4.69, 9.17) is 60.6 Å². The highest BCUT2D eigenvalue weighted by Crippen LogP contribution is 2.38. The van der Waals surface area contributed by atoms with Crippen molar-refractivity contribution in [1.82, 2.24) is 9.55 Å². The van der Waals surface area contributed by atoms with Gasteiger partial charge in [-0.05, 0) is 49.1 Å². The fourth-order valence-corrected chi connectivity index (χ4v) is 4.97. The summed E-state index contributed by atoms with van der Waals surface area (Å²) < 4.78 is 20.3. The fourth-order valence-electron chi connectivity index (χ4n) is 3.93. The van der Waals surface area contributed by atoms with Crippen molar-refractivity contribution in [2.24, 2.45) is 0 Å². The van der Waals surface area contributed by atoms with Crippen LogP contribution in [0.4, 0.5) is 5.69 Å². The molecule has 0 bridgehead atoms. The first-order chi connectivity index (χ1) is 17.3. The van der Waals surface area contributed by atoms with Crippen molar-refractivity contribution < 1.29 is 19.0 Å². The summed E-state index contributed by atoms with van der Waals surface area (Å²) in [7, 11) is 0. The summed E-state index contributed by atoms with van der Waals surface area (Å²) in [5.74, 6) is 0.112. The minimum absolute atomic E-state index is 0.221. The predicted octanol–water partition coefficient (Wildman–Crippen LogP) is 7.27. The molecule has 1 amide bonds. The molecule has 1 aliphatic rings. The molecule has 0 radical (unpaired) electrons. The zero-order valence-corrected chi connectivity index (χ0v) is 22.4. The van der Waals surface area contributed by atoms with Crippen LogP contribution < -0.4 is 10.1 Å². The van der Waals surface area contributed by atoms with E-state index in [0.717, 1.165) is 18.4 Å². The monoisotopic (exact) mass is 571 g/mol.